The third-order valence-corrected chi connectivity index (χ3v) is 3.03. The molecular weight excluding hydrogens is 232 g/mol. The van der Waals surface area contributed by atoms with Gasteiger partial charge in [-0.15, -0.1) is 0 Å². The van der Waals surface area contributed by atoms with Gasteiger partial charge < -0.3 is 20.1 Å². The van der Waals surface area contributed by atoms with Gasteiger partial charge in [-0.1, -0.05) is 0 Å². The highest BCUT2D eigenvalue weighted by atomic mass is 16.5. The molecule has 5 nitrogen and oxygen atoms in total. The van der Waals surface area contributed by atoms with Crippen LogP contribution in [-0.2, 0) is 4.74 Å². The van der Waals surface area contributed by atoms with Gasteiger partial charge in [-0.05, 0) is 32.2 Å². The van der Waals surface area contributed by atoms with Crippen molar-refractivity contribution in [2.75, 3.05) is 26.0 Å². The third kappa shape index (κ3) is 2.41. The molecule has 0 amide bonds. The van der Waals surface area contributed by atoms with Crippen LogP contribution in [0.4, 0.5) is 5.69 Å². The third-order valence-electron chi connectivity index (χ3n) is 3.03. The largest absolute Gasteiger partial charge is 0.485 e. The van der Waals surface area contributed by atoms with Gasteiger partial charge >= 0.3 is 5.97 Å². The Kier molecular flexibility index (Phi) is 3.72. The summed E-state index contributed by atoms with van der Waals surface area (Å²) in [5.74, 6) is 0.335. The summed E-state index contributed by atoms with van der Waals surface area (Å²) >= 11 is 0. The van der Waals surface area contributed by atoms with Gasteiger partial charge in [0.1, 0.15) is 11.9 Å². The molecule has 1 aliphatic rings. The molecule has 0 saturated heterocycles. The van der Waals surface area contributed by atoms with Gasteiger partial charge in [0.15, 0.2) is 0 Å². The minimum absolute atomic E-state index is 0.0374. The first kappa shape index (κ1) is 12.7. The lowest BCUT2D eigenvalue weighted by molar-refractivity contribution is 0.0599. The number of nitrogens with one attached hydrogen (secondary N) is 2. The number of esters is 1. The number of fused-ring (bicyclic) bond motifs is 1. The van der Waals surface area contributed by atoms with Crippen LogP contribution >= 0.6 is 0 Å². The van der Waals surface area contributed by atoms with Crippen LogP contribution in [0.2, 0.25) is 0 Å². The van der Waals surface area contributed by atoms with Gasteiger partial charge in [0, 0.05) is 6.54 Å². The van der Waals surface area contributed by atoms with Crippen LogP contribution in [0.1, 0.15) is 17.3 Å². The molecule has 0 bridgehead atoms. The number of carbonyl (C=O) groups is 1. The van der Waals surface area contributed by atoms with Crippen molar-refractivity contribution in [1.29, 1.82) is 0 Å². The summed E-state index contributed by atoms with van der Waals surface area (Å²) in [5, 5.41) is 6.45. The molecule has 0 spiro atoms. The molecular formula is C13H18N2O3. The number of likely N-dealkylation sites (N-methyl/N-ethyl adjacent to an activating group) is 1. The molecule has 18 heavy (non-hydrogen) atoms. The van der Waals surface area contributed by atoms with E-state index in [2.05, 4.69) is 17.6 Å². The molecule has 1 aliphatic heterocycles. The smallest absolute Gasteiger partial charge is 0.337 e. The Labute approximate surface area is 106 Å². The molecule has 0 aliphatic carbocycles. The van der Waals surface area contributed by atoms with E-state index in [1.54, 1.807) is 12.1 Å². The summed E-state index contributed by atoms with van der Waals surface area (Å²) in [6, 6.07) is 5.50. The van der Waals surface area contributed by atoms with Crippen molar-refractivity contribution in [2.45, 2.75) is 19.1 Å². The minimum Gasteiger partial charge on any atom is -0.485 e. The number of carbonyl (C=O) groups excluding carboxylic acids is 1. The number of hydrogen-bond acceptors (Lipinski definition) is 5. The Hall–Kier alpha value is -1.75. The SMILES string of the molecule is CNCC1Oc2cc(C(=O)OC)ccc2NC1C. The maximum absolute atomic E-state index is 11.5. The van der Waals surface area contributed by atoms with Crippen LogP contribution in [0, 0.1) is 0 Å². The first-order chi connectivity index (χ1) is 8.65. The van der Waals surface area contributed by atoms with E-state index >= 15 is 0 Å². The molecule has 5 heteroatoms. The van der Waals surface area contributed by atoms with E-state index in [1.165, 1.54) is 7.11 Å². The van der Waals surface area contributed by atoms with Crippen LogP contribution in [0.25, 0.3) is 0 Å². The molecule has 2 rings (SSSR count). The van der Waals surface area contributed by atoms with E-state index in [4.69, 9.17) is 9.47 Å². The molecule has 2 N–H and O–H groups in total. The normalized spacial score (nSPS) is 21.5. The maximum Gasteiger partial charge on any atom is 0.337 e. The Morgan fingerprint density at radius 2 is 2.33 bits per heavy atom. The minimum atomic E-state index is -0.356. The maximum atomic E-state index is 11.5. The molecule has 0 saturated carbocycles. The second kappa shape index (κ2) is 5.27. The molecule has 2 unspecified atom stereocenters. The summed E-state index contributed by atoms with van der Waals surface area (Å²) in [6.07, 6.45) is 0.0374. The van der Waals surface area contributed by atoms with Crippen LogP contribution in [0.3, 0.4) is 0 Å². The highest BCUT2D eigenvalue weighted by Crippen LogP contribution is 2.32. The second-order valence-electron chi connectivity index (χ2n) is 4.35. The van der Waals surface area contributed by atoms with Crippen LogP contribution in [-0.4, -0.2) is 38.8 Å². The average molecular weight is 250 g/mol. The quantitative estimate of drug-likeness (QED) is 0.791. The Morgan fingerprint density at radius 3 is 3.00 bits per heavy atom. The Morgan fingerprint density at radius 1 is 1.56 bits per heavy atom. The van der Waals surface area contributed by atoms with E-state index in [-0.39, 0.29) is 18.1 Å². The summed E-state index contributed by atoms with van der Waals surface area (Å²) < 4.78 is 10.6. The van der Waals surface area contributed by atoms with Crippen LogP contribution < -0.4 is 15.4 Å². The monoisotopic (exact) mass is 250 g/mol. The molecule has 1 aromatic carbocycles. The fourth-order valence-corrected chi connectivity index (χ4v) is 2.01. The van der Waals surface area contributed by atoms with Crippen molar-refractivity contribution in [3.63, 3.8) is 0 Å². The molecule has 0 aromatic heterocycles. The first-order valence-corrected chi connectivity index (χ1v) is 5.96. The van der Waals surface area contributed by atoms with E-state index in [0.717, 1.165) is 12.2 Å². The van der Waals surface area contributed by atoms with Crippen molar-refractivity contribution in [3.05, 3.63) is 23.8 Å². The van der Waals surface area contributed by atoms with E-state index < -0.39 is 0 Å². The summed E-state index contributed by atoms with van der Waals surface area (Å²) in [4.78, 5) is 11.5. The van der Waals surface area contributed by atoms with E-state index in [0.29, 0.717) is 11.3 Å². The number of hydrogen-bond donors (Lipinski definition) is 2. The number of ether oxygens (including phenoxy) is 2. The van der Waals surface area contributed by atoms with Crippen LogP contribution in [0.15, 0.2) is 18.2 Å². The molecule has 1 aromatic rings. The van der Waals surface area contributed by atoms with Gasteiger partial charge in [-0.2, -0.15) is 0 Å². The second-order valence-corrected chi connectivity index (χ2v) is 4.35. The van der Waals surface area contributed by atoms with Gasteiger partial charge in [-0.3, -0.25) is 0 Å². The topological polar surface area (TPSA) is 59.6 Å². The lowest BCUT2D eigenvalue weighted by Crippen LogP contribution is -2.45. The number of methoxy groups -OCH3 is 1. The molecule has 2 atom stereocenters. The van der Waals surface area contributed by atoms with E-state index in [1.807, 2.05) is 13.1 Å². The van der Waals surface area contributed by atoms with Crippen molar-refractivity contribution < 1.29 is 14.3 Å². The standard InChI is InChI=1S/C13H18N2O3/c1-8-12(7-14-2)18-11-6-9(13(16)17-3)4-5-10(11)15-8/h4-6,8,12,14-15H,7H2,1-3H3. The zero-order valence-corrected chi connectivity index (χ0v) is 10.8. The highest BCUT2D eigenvalue weighted by molar-refractivity contribution is 5.90. The van der Waals surface area contributed by atoms with Gasteiger partial charge in [0.05, 0.1) is 24.4 Å². The fourth-order valence-electron chi connectivity index (χ4n) is 2.01. The highest BCUT2D eigenvalue weighted by Gasteiger charge is 2.26. The van der Waals surface area contributed by atoms with Gasteiger partial charge in [-0.25, -0.2) is 4.79 Å². The Bertz CT molecular complexity index is 448. The number of anilines is 1. The summed E-state index contributed by atoms with van der Waals surface area (Å²) in [6.45, 7) is 2.81. The average Bonchev–Trinajstić information content (AvgIpc) is 2.38. The molecule has 0 fully saturated rings. The fraction of sp³-hybridized carbons (Fsp3) is 0.462. The first-order valence-electron chi connectivity index (χ1n) is 5.96. The zero-order chi connectivity index (χ0) is 13.1. The summed E-state index contributed by atoms with van der Waals surface area (Å²) in [7, 11) is 3.25. The van der Waals surface area contributed by atoms with Crippen molar-refractivity contribution >= 4 is 11.7 Å². The molecule has 1 heterocycles. The Balaban J connectivity index is 2.25. The van der Waals surface area contributed by atoms with E-state index in [9.17, 15) is 4.79 Å². The zero-order valence-electron chi connectivity index (χ0n) is 10.8. The molecule has 0 radical (unpaired) electrons. The number of rotatable bonds is 3. The van der Waals surface area contributed by atoms with Gasteiger partial charge in [0.25, 0.3) is 0 Å². The predicted octanol–water partition coefficient (Wildman–Crippen LogP) is 1.25. The summed E-state index contributed by atoms with van der Waals surface area (Å²) in [5.41, 5.74) is 1.40. The van der Waals surface area contributed by atoms with Crippen molar-refractivity contribution in [3.8, 4) is 5.75 Å². The lowest BCUT2D eigenvalue weighted by atomic mass is 10.1. The molecule has 98 valence electrons. The number of benzene rings is 1. The van der Waals surface area contributed by atoms with Crippen molar-refractivity contribution in [2.24, 2.45) is 0 Å². The van der Waals surface area contributed by atoms with Crippen molar-refractivity contribution in [1.82, 2.24) is 5.32 Å². The van der Waals surface area contributed by atoms with Crippen LogP contribution in [0.5, 0.6) is 5.75 Å². The lowest BCUT2D eigenvalue weighted by Gasteiger charge is -2.33. The van der Waals surface area contributed by atoms with Gasteiger partial charge in [0.2, 0.25) is 0 Å². The predicted molar refractivity (Wildman–Crippen MR) is 69.2 cm³/mol.